The molecule has 0 radical (unpaired) electrons. The molecule has 1 aromatic rings. The summed E-state index contributed by atoms with van der Waals surface area (Å²) in [6, 6.07) is 5.45. The van der Waals surface area contributed by atoms with E-state index in [1.165, 1.54) is 0 Å². The number of nitrogens with two attached hydrogens (primary N) is 1. The van der Waals surface area contributed by atoms with E-state index in [9.17, 15) is 13.2 Å². The maximum atomic E-state index is 12.0. The molecule has 1 aliphatic heterocycles. The number of anilines is 2. The normalized spacial score (nSPS) is 18.9. The van der Waals surface area contributed by atoms with Crippen LogP contribution < -0.4 is 11.1 Å². The zero-order chi connectivity index (χ0) is 15.5. The van der Waals surface area contributed by atoms with Gasteiger partial charge in [0.1, 0.15) is 0 Å². The predicted octanol–water partition coefficient (Wildman–Crippen LogP) is 0.636. The smallest absolute Gasteiger partial charge is 0.238 e. The van der Waals surface area contributed by atoms with Crippen molar-refractivity contribution >= 4 is 27.1 Å². The first kappa shape index (κ1) is 15.8. The van der Waals surface area contributed by atoms with E-state index < -0.39 is 9.84 Å². The van der Waals surface area contributed by atoms with Crippen molar-refractivity contribution in [2.45, 2.75) is 13.3 Å². The second-order valence-corrected chi connectivity index (χ2v) is 7.72. The first-order valence-corrected chi connectivity index (χ1v) is 8.77. The van der Waals surface area contributed by atoms with Crippen LogP contribution in [0.1, 0.15) is 12.0 Å². The number of amides is 1. The summed E-state index contributed by atoms with van der Waals surface area (Å²) in [4.78, 5) is 13.9. The fraction of sp³-hybridized carbons (Fsp3) is 0.500. The number of carbonyl (C=O) groups excluding carboxylic acids is 1. The third kappa shape index (κ3) is 4.71. The number of nitrogens with zero attached hydrogens (tertiary/aromatic N) is 1. The standard InChI is InChI=1S/C14H21N3O3S/c1-11-3-4-13(12(15)9-11)16-14(18)10-17-5-2-7-21(19,20)8-6-17/h3-4,9H,2,5-8,10,15H2,1H3,(H,16,18). The molecule has 0 atom stereocenters. The Morgan fingerprint density at radius 3 is 2.81 bits per heavy atom. The first-order valence-electron chi connectivity index (χ1n) is 6.94. The van der Waals surface area contributed by atoms with Crippen LogP contribution >= 0.6 is 0 Å². The average Bonchev–Trinajstić information content (AvgIpc) is 2.54. The molecule has 0 aromatic heterocycles. The summed E-state index contributed by atoms with van der Waals surface area (Å²) in [5.41, 5.74) is 8.01. The molecule has 1 fully saturated rings. The Bertz CT molecular complexity index is 628. The lowest BCUT2D eigenvalue weighted by Gasteiger charge is -2.18. The van der Waals surface area contributed by atoms with Gasteiger partial charge in [0.15, 0.2) is 9.84 Å². The van der Waals surface area contributed by atoms with Gasteiger partial charge in [-0.05, 0) is 37.6 Å². The van der Waals surface area contributed by atoms with Gasteiger partial charge < -0.3 is 11.1 Å². The molecule has 1 amide bonds. The molecule has 0 saturated carbocycles. The summed E-state index contributed by atoms with van der Waals surface area (Å²) in [5.74, 6) is 0.146. The lowest BCUT2D eigenvalue weighted by Crippen LogP contribution is -2.35. The third-order valence-electron chi connectivity index (χ3n) is 3.50. The molecule has 1 saturated heterocycles. The van der Waals surface area contributed by atoms with Crippen LogP contribution in [-0.4, -0.2) is 50.4 Å². The Morgan fingerprint density at radius 2 is 2.10 bits per heavy atom. The molecule has 3 N–H and O–H groups in total. The lowest BCUT2D eigenvalue weighted by molar-refractivity contribution is -0.117. The first-order chi connectivity index (χ1) is 9.85. The maximum Gasteiger partial charge on any atom is 0.238 e. The van der Waals surface area contributed by atoms with E-state index in [1.807, 2.05) is 17.9 Å². The average molecular weight is 311 g/mol. The Labute approximate surface area is 125 Å². The maximum absolute atomic E-state index is 12.0. The highest BCUT2D eigenvalue weighted by atomic mass is 32.2. The Morgan fingerprint density at radius 1 is 1.33 bits per heavy atom. The number of carbonyl (C=O) groups is 1. The van der Waals surface area contributed by atoms with Crippen LogP contribution in [0.4, 0.5) is 11.4 Å². The van der Waals surface area contributed by atoms with Gasteiger partial charge in [0.2, 0.25) is 5.91 Å². The number of hydrogen-bond acceptors (Lipinski definition) is 5. The van der Waals surface area contributed by atoms with E-state index in [2.05, 4.69) is 5.32 Å². The van der Waals surface area contributed by atoms with Crippen molar-refractivity contribution in [3.63, 3.8) is 0 Å². The van der Waals surface area contributed by atoms with Gasteiger partial charge in [-0.25, -0.2) is 8.42 Å². The highest BCUT2D eigenvalue weighted by Gasteiger charge is 2.20. The largest absolute Gasteiger partial charge is 0.397 e. The van der Waals surface area contributed by atoms with Crippen LogP contribution in [0.3, 0.4) is 0 Å². The lowest BCUT2D eigenvalue weighted by atomic mass is 10.2. The van der Waals surface area contributed by atoms with E-state index in [1.54, 1.807) is 12.1 Å². The molecule has 0 spiro atoms. The van der Waals surface area contributed by atoms with Gasteiger partial charge in [-0.15, -0.1) is 0 Å². The minimum Gasteiger partial charge on any atom is -0.397 e. The van der Waals surface area contributed by atoms with Crippen LogP contribution in [0.5, 0.6) is 0 Å². The fourth-order valence-corrected chi connectivity index (χ4v) is 3.65. The van der Waals surface area contributed by atoms with Gasteiger partial charge >= 0.3 is 0 Å². The van der Waals surface area contributed by atoms with Crippen LogP contribution in [0, 0.1) is 6.92 Å². The Kier molecular flexibility index (Phi) is 4.84. The number of hydrogen-bond donors (Lipinski definition) is 2. The molecule has 7 heteroatoms. The summed E-state index contributed by atoms with van der Waals surface area (Å²) >= 11 is 0. The number of benzene rings is 1. The van der Waals surface area contributed by atoms with Crippen LogP contribution in [0.2, 0.25) is 0 Å². The van der Waals surface area contributed by atoms with Gasteiger partial charge in [0, 0.05) is 6.54 Å². The summed E-state index contributed by atoms with van der Waals surface area (Å²) in [6.07, 6.45) is 0.572. The zero-order valence-electron chi connectivity index (χ0n) is 12.1. The summed E-state index contributed by atoms with van der Waals surface area (Å²) in [5, 5.41) is 2.77. The van der Waals surface area contributed by atoms with E-state index in [-0.39, 0.29) is 24.0 Å². The van der Waals surface area contributed by atoms with E-state index in [0.717, 1.165) is 5.56 Å². The van der Waals surface area contributed by atoms with Gasteiger partial charge in [-0.2, -0.15) is 0 Å². The van der Waals surface area contributed by atoms with Gasteiger partial charge in [-0.1, -0.05) is 6.07 Å². The van der Waals surface area contributed by atoms with Crippen LogP contribution in [0.25, 0.3) is 0 Å². The second kappa shape index (κ2) is 6.44. The molecular weight excluding hydrogens is 290 g/mol. The van der Waals surface area contributed by atoms with Gasteiger partial charge in [0.25, 0.3) is 0 Å². The van der Waals surface area contributed by atoms with Crippen molar-refractivity contribution in [3.05, 3.63) is 23.8 Å². The monoisotopic (exact) mass is 311 g/mol. The Balaban J connectivity index is 1.92. The van der Waals surface area contributed by atoms with Crippen molar-refractivity contribution in [3.8, 4) is 0 Å². The van der Waals surface area contributed by atoms with E-state index in [0.29, 0.717) is 30.9 Å². The van der Waals surface area contributed by atoms with Gasteiger partial charge in [0.05, 0.1) is 29.4 Å². The Hall–Kier alpha value is -1.60. The molecule has 21 heavy (non-hydrogen) atoms. The molecule has 6 nitrogen and oxygen atoms in total. The van der Waals surface area contributed by atoms with Crippen LogP contribution in [-0.2, 0) is 14.6 Å². The number of rotatable bonds is 3. The molecule has 2 rings (SSSR count). The van der Waals surface area contributed by atoms with Crippen LogP contribution in [0.15, 0.2) is 18.2 Å². The van der Waals surface area contributed by atoms with Crippen molar-refractivity contribution < 1.29 is 13.2 Å². The highest BCUT2D eigenvalue weighted by Crippen LogP contribution is 2.19. The van der Waals surface area contributed by atoms with Crippen molar-refractivity contribution in [2.75, 3.05) is 42.2 Å². The molecule has 1 aliphatic rings. The number of nitrogens with one attached hydrogen (secondary N) is 1. The quantitative estimate of drug-likeness (QED) is 0.799. The SMILES string of the molecule is Cc1ccc(NC(=O)CN2CCCS(=O)(=O)CC2)c(N)c1. The topological polar surface area (TPSA) is 92.5 Å². The minimum absolute atomic E-state index is 0.118. The molecule has 1 heterocycles. The zero-order valence-corrected chi connectivity index (χ0v) is 12.9. The molecule has 0 bridgehead atoms. The predicted molar refractivity (Wildman–Crippen MR) is 83.9 cm³/mol. The molecule has 1 aromatic carbocycles. The summed E-state index contributed by atoms with van der Waals surface area (Å²) in [7, 11) is -2.95. The molecular formula is C14H21N3O3S. The van der Waals surface area contributed by atoms with E-state index in [4.69, 9.17) is 5.73 Å². The third-order valence-corrected chi connectivity index (χ3v) is 5.21. The molecule has 0 aliphatic carbocycles. The molecule has 116 valence electrons. The fourth-order valence-electron chi connectivity index (χ4n) is 2.34. The number of nitrogen functional groups attached to an aromatic ring is 1. The van der Waals surface area contributed by atoms with Crippen molar-refractivity contribution in [1.82, 2.24) is 4.90 Å². The highest BCUT2D eigenvalue weighted by molar-refractivity contribution is 7.91. The number of sulfone groups is 1. The van der Waals surface area contributed by atoms with Crippen molar-refractivity contribution in [1.29, 1.82) is 0 Å². The van der Waals surface area contributed by atoms with Gasteiger partial charge in [-0.3, -0.25) is 9.69 Å². The second-order valence-electron chi connectivity index (χ2n) is 5.42. The summed E-state index contributed by atoms with van der Waals surface area (Å²) in [6.45, 7) is 3.14. The minimum atomic E-state index is -2.95. The van der Waals surface area contributed by atoms with Crippen molar-refractivity contribution in [2.24, 2.45) is 0 Å². The summed E-state index contributed by atoms with van der Waals surface area (Å²) < 4.78 is 23.1. The van der Waals surface area contributed by atoms with E-state index >= 15 is 0 Å². The molecule has 0 unspecified atom stereocenters. The number of aryl methyl sites for hydroxylation is 1.